The van der Waals surface area contributed by atoms with E-state index in [1.54, 1.807) is 11.0 Å². The van der Waals surface area contributed by atoms with Crippen LogP contribution in [-0.4, -0.2) is 35.7 Å². The summed E-state index contributed by atoms with van der Waals surface area (Å²) in [6.07, 6.45) is 2.62. The number of hydrogen-bond acceptors (Lipinski definition) is 4. The van der Waals surface area contributed by atoms with Gasteiger partial charge in [0, 0.05) is 11.0 Å². The fraction of sp³-hybridized carbons (Fsp3) is 0.412. The highest BCUT2D eigenvalue weighted by Crippen LogP contribution is 2.35. The molecule has 1 aliphatic rings. The van der Waals surface area contributed by atoms with Crippen LogP contribution in [0, 0.1) is 0 Å². The third kappa shape index (κ3) is 4.08. The van der Waals surface area contributed by atoms with Crippen molar-refractivity contribution in [3.63, 3.8) is 0 Å². The first-order chi connectivity index (χ1) is 11.5. The molecule has 0 atom stereocenters. The van der Waals surface area contributed by atoms with Crippen LogP contribution in [0.15, 0.2) is 22.3 Å². The summed E-state index contributed by atoms with van der Waals surface area (Å²) in [5.41, 5.74) is 1.28. The van der Waals surface area contributed by atoms with Crippen LogP contribution in [-0.2, 0) is 4.79 Å². The lowest BCUT2D eigenvalue weighted by molar-refractivity contribution is -0.122. The minimum Gasteiger partial charge on any atom is -0.490 e. The summed E-state index contributed by atoms with van der Waals surface area (Å²) < 4.78 is 12.1. The largest absolute Gasteiger partial charge is 0.490 e. The number of amides is 1. The number of carbonyl (C=O) groups is 1. The van der Waals surface area contributed by atoms with E-state index in [0.717, 1.165) is 16.5 Å². The molecule has 2 rings (SSSR count). The molecule has 0 radical (unpaired) electrons. The van der Waals surface area contributed by atoms with E-state index in [9.17, 15) is 4.79 Å². The number of benzene rings is 1. The van der Waals surface area contributed by atoms with Gasteiger partial charge in [-0.25, -0.2) is 0 Å². The molecule has 130 valence electrons. The van der Waals surface area contributed by atoms with E-state index in [1.165, 1.54) is 0 Å². The highest BCUT2D eigenvalue weighted by molar-refractivity contribution is 9.10. The molecule has 1 aromatic carbocycles. The first-order valence-corrected chi connectivity index (χ1v) is 9.15. The van der Waals surface area contributed by atoms with Crippen molar-refractivity contribution in [3.8, 4) is 11.5 Å². The Bertz CT molecular complexity index is 676. The van der Waals surface area contributed by atoms with Crippen LogP contribution >= 0.6 is 28.1 Å². The lowest BCUT2D eigenvalue weighted by Gasteiger charge is -2.13. The molecule has 5 nitrogen and oxygen atoms in total. The first kappa shape index (κ1) is 18.7. The van der Waals surface area contributed by atoms with Crippen LogP contribution in [0.4, 0.5) is 0 Å². The molecule has 0 saturated carbocycles. The number of rotatable bonds is 7. The van der Waals surface area contributed by atoms with Crippen LogP contribution in [0.2, 0.25) is 0 Å². The molecule has 1 fully saturated rings. The Morgan fingerprint density at radius 3 is 2.42 bits per heavy atom. The highest BCUT2D eigenvalue weighted by Gasteiger charge is 2.29. The predicted octanol–water partition coefficient (Wildman–Crippen LogP) is 3.71. The summed E-state index contributed by atoms with van der Waals surface area (Å²) in [7, 11) is 0. The maximum Gasteiger partial charge on any atom is 0.276 e. The number of carbonyl (C=O) groups excluding carboxylic acids is 1. The standard InChI is InChI=1S/C17H21BrN2O3S/c1-4-7-20-16(21)13(19-17(20)24)8-11-9-14(22-5-2)15(23-6-3)10-12(11)18/h8-10H,4-7H2,1-3H3,(H,19,24)/b13-8-. The number of thiocarbonyl (C=S) groups is 1. The van der Waals surface area contributed by atoms with E-state index in [0.29, 0.717) is 42.1 Å². The SMILES string of the molecule is CCCN1C(=O)/C(=C/c2cc(OCC)c(OCC)cc2Br)NC1=S. The third-order valence-electron chi connectivity index (χ3n) is 3.37. The number of hydrogen-bond donors (Lipinski definition) is 1. The molecule has 0 bridgehead atoms. The first-order valence-electron chi connectivity index (χ1n) is 7.95. The quantitative estimate of drug-likeness (QED) is 0.546. The van der Waals surface area contributed by atoms with Gasteiger partial charge in [-0.2, -0.15) is 0 Å². The lowest BCUT2D eigenvalue weighted by atomic mass is 10.1. The Morgan fingerprint density at radius 2 is 1.83 bits per heavy atom. The Balaban J connectivity index is 2.37. The fourth-order valence-corrected chi connectivity index (χ4v) is 3.07. The molecule has 1 heterocycles. The number of ether oxygens (including phenoxy) is 2. The van der Waals surface area contributed by atoms with Gasteiger partial charge in [-0.15, -0.1) is 0 Å². The second kappa shape index (κ2) is 8.48. The van der Waals surface area contributed by atoms with Crippen LogP contribution in [0.3, 0.4) is 0 Å². The van der Waals surface area contributed by atoms with E-state index in [2.05, 4.69) is 21.2 Å². The van der Waals surface area contributed by atoms with Crippen LogP contribution in [0.1, 0.15) is 32.8 Å². The van der Waals surface area contributed by atoms with Crippen molar-refractivity contribution in [1.82, 2.24) is 10.2 Å². The van der Waals surface area contributed by atoms with Crippen molar-refractivity contribution >= 4 is 45.2 Å². The topological polar surface area (TPSA) is 50.8 Å². The summed E-state index contributed by atoms with van der Waals surface area (Å²) in [5.74, 6) is 1.20. The summed E-state index contributed by atoms with van der Waals surface area (Å²) in [6.45, 7) is 7.53. The van der Waals surface area contributed by atoms with Crippen molar-refractivity contribution in [2.24, 2.45) is 0 Å². The van der Waals surface area contributed by atoms with E-state index in [1.807, 2.05) is 32.9 Å². The summed E-state index contributed by atoms with van der Waals surface area (Å²) in [4.78, 5) is 14.0. The Kier molecular flexibility index (Phi) is 6.62. The molecule has 1 aromatic rings. The molecule has 1 saturated heterocycles. The monoisotopic (exact) mass is 412 g/mol. The smallest absolute Gasteiger partial charge is 0.276 e. The van der Waals surface area contributed by atoms with E-state index in [4.69, 9.17) is 21.7 Å². The summed E-state index contributed by atoms with van der Waals surface area (Å²) >= 11 is 8.75. The van der Waals surface area contributed by atoms with Gasteiger partial charge in [-0.3, -0.25) is 9.69 Å². The zero-order chi connectivity index (χ0) is 17.7. The van der Waals surface area contributed by atoms with Crippen molar-refractivity contribution in [1.29, 1.82) is 0 Å². The van der Waals surface area contributed by atoms with E-state index in [-0.39, 0.29) is 5.91 Å². The molecule has 0 aliphatic carbocycles. The summed E-state index contributed by atoms with van der Waals surface area (Å²) in [6, 6.07) is 3.70. The lowest BCUT2D eigenvalue weighted by Crippen LogP contribution is -2.31. The van der Waals surface area contributed by atoms with Crippen molar-refractivity contribution in [2.75, 3.05) is 19.8 Å². The van der Waals surface area contributed by atoms with E-state index >= 15 is 0 Å². The minimum absolute atomic E-state index is 0.111. The second-order valence-electron chi connectivity index (χ2n) is 5.13. The number of nitrogens with zero attached hydrogens (tertiary/aromatic N) is 1. The zero-order valence-corrected chi connectivity index (χ0v) is 16.4. The van der Waals surface area contributed by atoms with Crippen LogP contribution in [0.5, 0.6) is 11.5 Å². The van der Waals surface area contributed by atoms with Crippen molar-refractivity contribution in [2.45, 2.75) is 27.2 Å². The average molecular weight is 413 g/mol. The Morgan fingerprint density at radius 1 is 1.21 bits per heavy atom. The van der Waals surface area contributed by atoms with Gasteiger partial charge in [0.25, 0.3) is 5.91 Å². The second-order valence-corrected chi connectivity index (χ2v) is 6.37. The molecular weight excluding hydrogens is 392 g/mol. The molecule has 0 unspecified atom stereocenters. The van der Waals surface area contributed by atoms with Crippen molar-refractivity contribution in [3.05, 3.63) is 27.9 Å². The Labute approximate surface area is 156 Å². The third-order valence-corrected chi connectivity index (χ3v) is 4.38. The van der Waals surface area contributed by atoms with Gasteiger partial charge in [0.15, 0.2) is 16.6 Å². The van der Waals surface area contributed by atoms with Crippen LogP contribution in [0.25, 0.3) is 6.08 Å². The van der Waals surface area contributed by atoms with Crippen molar-refractivity contribution < 1.29 is 14.3 Å². The van der Waals surface area contributed by atoms with Gasteiger partial charge in [-0.1, -0.05) is 22.9 Å². The fourth-order valence-electron chi connectivity index (χ4n) is 2.35. The maximum atomic E-state index is 12.4. The minimum atomic E-state index is -0.111. The van der Waals surface area contributed by atoms with Gasteiger partial charge in [0.1, 0.15) is 5.70 Å². The molecule has 0 spiro atoms. The molecule has 24 heavy (non-hydrogen) atoms. The summed E-state index contributed by atoms with van der Waals surface area (Å²) in [5, 5.41) is 3.43. The van der Waals surface area contributed by atoms with Gasteiger partial charge >= 0.3 is 0 Å². The molecule has 0 aromatic heterocycles. The molecule has 1 N–H and O–H groups in total. The zero-order valence-electron chi connectivity index (χ0n) is 14.0. The number of halogens is 1. The molecule has 1 amide bonds. The average Bonchev–Trinajstić information content (AvgIpc) is 2.80. The predicted molar refractivity (Wildman–Crippen MR) is 102 cm³/mol. The van der Waals surface area contributed by atoms with Gasteiger partial charge < -0.3 is 14.8 Å². The van der Waals surface area contributed by atoms with Gasteiger partial charge in [0.05, 0.1) is 13.2 Å². The molecule has 7 heteroatoms. The Hall–Kier alpha value is -1.60. The highest BCUT2D eigenvalue weighted by atomic mass is 79.9. The van der Waals surface area contributed by atoms with Crippen LogP contribution < -0.4 is 14.8 Å². The maximum absolute atomic E-state index is 12.4. The molecular formula is C17H21BrN2O3S. The molecule has 1 aliphatic heterocycles. The normalized spacial score (nSPS) is 15.8. The van der Waals surface area contributed by atoms with E-state index < -0.39 is 0 Å². The van der Waals surface area contributed by atoms with Gasteiger partial charge in [-0.05, 0) is 56.3 Å². The van der Waals surface area contributed by atoms with Gasteiger partial charge in [0.2, 0.25) is 0 Å². The number of nitrogens with one attached hydrogen (secondary N) is 1.